The number of hydrogen-bond acceptors (Lipinski definition) is 2. The van der Waals surface area contributed by atoms with E-state index in [1.807, 2.05) is 65.0 Å². The Morgan fingerprint density at radius 1 is 0.864 bits per heavy atom. The molecule has 3 nitrogen and oxygen atoms in total. The fourth-order valence-corrected chi connectivity index (χ4v) is 4.17. The summed E-state index contributed by atoms with van der Waals surface area (Å²) in [6, 6.07) is 9.88. The number of aryl methyl sites for hydroxylation is 3. The number of nitrogens with one attached hydrogen (secondary N) is 1. The third kappa shape index (κ3) is 3.39. The van der Waals surface area contributed by atoms with Gasteiger partial charge in [0.2, 0.25) is 10.0 Å². The van der Waals surface area contributed by atoms with Crippen LogP contribution in [0.25, 0.3) is 0 Å². The van der Waals surface area contributed by atoms with E-state index >= 15 is 0 Å². The van der Waals surface area contributed by atoms with Gasteiger partial charge in [0, 0.05) is 6.54 Å². The highest BCUT2D eigenvalue weighted by atomic mass is 32.2. The maximum atomic E-state index is 12.7. The first kappa shape index (κ1) is 16.7. The van der Waals surface area contributed by atoms with Crippen molar-refractivity contribution in [2.24, 2.45) is 0 Å². The SMILES string of the molecule is Cc1ccc(CNS(=O)(=O)c2c(C)c(C)cc(C)c2C)cc1. The van der Waals surface area contributed by atoms with Gasteiger partial charge in [-0.1, -0.05) is 35.9 Å². The molecule has 0 atom stereocenters. The van der Waals surface area contributed by atoms with E-state index in [1.54, 1.807) is 0 Å². The quantitative estimate of drug-likeness (QED) is 0.934. The van der Waals surface area contributed by atoms with Crippen molar-refractivity contribution in [2.45, 2.75) is 46.1 Å². The Bertz CT molecular complexity index is 765. The Morgan fingerprint density at radius 3 is 1.86 bits per heavy atom. The van der Waals surface area contributed by atoms with Crippen LogP contribution in [0, 0.1) is 34.6 Å². The predicted octanol–water partition coefficient (Wildman–Crippen LogP) is 3.71. The third-order valence-corrected chi connectivity index (χ3v) is 5.83. The first-order chi connectivity index (χ1) is 10.2. The van der Waals surface area contributed by atoms with E-state index in [9.17, 15) is 8.42 Å². The third-order valence-electron chi connectivity index (χ3n) is 4.15. The van der Waals surface area contributed by atoms with Crippen LogP contribution in [0.5, 0.6) is 0 Å². The molecule has 2 rings (SSSR count). The zero-order valence-corrected chi connectivity index (χ0v) is 14.6. The van der Waals surface area contributed by atoms with Gasteiger partial charge in [-0.25, -0.2) is 13.1 Å². The Hall–Kier alpha value is -1.65. The van der Waals surface area contributed by atoms with Crippen molar-refractivity contribution in [1.82, 2.24) is 4.72 Å². The lowest BCUT2D eigenvalue weighted by atomic mass is 10.0. The van der Waals surface area contributed by atoms with Crippen LogP contribution in [0.4, 0.5) is 0 Å². The lowest BCUT2D eigenvalue weighted by molar-refractivity contribution is 0.579. The summed E-state index contributed by atoms with van der Waals surface area (Å²) in [6.45, 7) is 9.93. The summed E-state index contributed by atoms with van der Waals surface area (Å²) >= 11 is 0. The first-order valence-electron chi connectivity index (χ1n) is 7.35. The van der Waals surface area contributed by atoms with Gasteiger partial charge >= 0.3 is 0 Å². The van der Waals surface area contributed by atoms with Crippen LogP contribution in [0.1, 0.15) is 33.4 Å². The van der Waals surface area contributed by atoms with Crippen LogP contribution >= 0.6 is 0 Å². The largest absolute Gasteiger partial charge is 0.241 e. The molecular weight excluding hydrogens is 294 g/mol. The van der Waals surface area contributed by atoms with Gasteiger partial charge in [-0.05, 0) is 62.4 Å². The van der Waals surface area contributed by atoms with E-state index in [1.165, 1.54) is 0 Å². The highest BCUT2D eigenvalue weighted by Gasteiger charge is 2.21. The first-order valence-corrected chi connectivity index (χ1v) is 8.83. The van der Waals surface area contributed by atoms with Crippen molar-refractivity contribution in [3.05, 3.63) is 63.7 Å². The molecule has 0 amide bonds. The second-order valence-electron chi connectivity index (χ2n) is 5.90. The molecule has 118 valence electrons. The minimum Gasteiger partial charge on any atom is -0.207 e. The maximum absolute atomic E-state index is 12.7. The van der Waals surface area contributed by atoms with E-state index in [0.29, 0.717) is 11.4 Å². The van der Waals surface area contributed by atoms with Crippen molar-refractivity contribution >= 4 is 10.0 Å². The standard InChI is InChI=1S/C18H23NO2S/c1-12-6-8-17(9-7-12)11-19-22(20,21)18-15(4)13(2)10-14(3)16(18)5/h6-10,19H,11H2,1-5H3. The lowest BCUT2D eigenvalue weighted by Gasteiger charge is -2.16. The molecule has 0 aliphatic rings. The number of rotatable bonds is 4. The Labute approximate surface area is 133 Å². The Morgan fingerprint density at radius 2 is 1.36 bits per heavy atom. The summed E-state index contributed by atoms with van der Waals surface area (Å²) in [4.78, 5) is 0.414. The van der Waals surface area contributed by atoms with Crippen LogP contribution in [0.15, 0.2) is 35.2 Å². The van der Waals surface area contributed by atoms with Crippen LogP contribution in [-0.2, 0) is 16.6 Å². The number of sulfonamides is 1. The van der Waals surface area contributed by atoms with E-state index in [0.717, 1.165) is 33.4 Å². The lowest BCUT2D eigenvalue weighted by Crippen LogP contribution is -2.25. The smallest absolute Gasteiger partial charge is 0.207 e. The summed E-state index contributed by atoms with van der Waals surface area (Å²) in [5, 5.41) is 0. The number of hydrogen-bond donors (Lipinski definition) is 1. The van der Waals surface area contributed by atoms with Gasteiger partial charge in [0.05, 0.1) is 4.90 Å². The Kier molecular flexibility index (Phi) is 4.73. The molecule has 0 aromatic heterocycles. The molecule has 0 saturated carbocycles. The van der Waals surface area contributed by atoms with Crippen molar-refractivity contribution in [1.29, 1.82) is 0 Å². The fourth-order valence-electron chi connectivity index (χ4n) is 2.54. The maximum Gasteiger partial charge on any atom is 0.241 e. The van der Waals surface area contributed by atoms with E-state index in [2.05, 4.69) is 4.72 Å². The molecule has 22 heavy (non-hydrogen) atoms. The van der Waals surface area contributed by atoms with Gasteiger partial charge < -0.3 is 0 Å². The molecule has 0 bridgehead atoms. The van der Waals surface area contributed by atoms with Crippen LogP contribution in [-0.4, -0.2) is 8.42 Å². The summed E-state index contributed by atoms with van der Waals surface area (Å²) in [5.74, 6) is 0. The average Bonchev–Trinajstić information content (AvgIpc) is 2.45. The molecule has 0 aliphatic carbocycles. The summed E-state index contributed by atoms with van der Waals surface area (Å²) in [7, 11) is -3.52. The van der Waals surface area contributed by atoms with Gasteiger partial charge in [0.25, 0.3) is 0 Å². The molecule has 2 aromatic rings. The van der Waals surface area contributed by atoms with Crippen LogP contribution in [0.2, 0.25) is 0 Å². The van der Waals surface area contributed by atoms with Gasteiger partial charge in [0.15, 0.2) is 0 Å². The topological polar surface area (TPSA) is 46.2 Å². The zero-order chi connectivity index (χ0) is 16.5. The molecule has 0 spiro atoms. The summed E-state index contributed by atoms with van der Waals surface area (Å²) in [5.41, 5.74) is 5.75. The molecule has 4 heteroatoms. The van der Waals surface area contributed by atoms with Crippen molar-refractivity contribution in [2.75, 3.05) is 0 Å². The van der Waals surface area contributed by atoms with Gasteiger partial charge in [-0.3, -0.25) is 0 Å². The highest BCUT2D eigenvalue weighted by Crippen LogP contribution is 2.26. The van der Waals surface area contributed by atoms with Gasteiger partial charge in [-0.15, -0.1) is 0 Å². The molecule has 0 radical (unpaired) electrons. The second-order valence-corrected chi connectivity index (χ2v) is 7.60. The van der Waals surface area contributed by atoms with Crippen molar-refractivity contribution in [3.63, 3.8) is 0 Å². The normalized spacial score (nSPS) is 11.7. The number of benzene rings is 2. The molecule has 0 saturated heterocycles. The predicted molar refractivity (Wildman–Crippen MR) is 90.6 cm³/mol. The van der Waals surface area contributed by atoms with E-state index in [4.69, 9.17) is 0 Å². The average molecular weight is 317 g/mol. The second kappa shape index (κ2) is 6.23. The molecule has 0 fully saturated rings. The molecule has 0 aliphatic heterocycles. The minimum atomic E-state index is -3.52. The molecule has 2 aromatic carbocycles. The highest BCUT2D eigenvalue weighted by molar-refractivity contribution is 7.89. The minimum absolute atomic E-state index is 0.300. The van der Waals surface area contributed by atoms with E-state index < -0.39 is 10.0 Å². The fraction of sp³-hybridized carbons (Fsp3) is 0.333. The van der Waals surface area contributed by atoms with Crippen molar-refractivity contribution in [3.8, 4) is 0 Å². The van der Waals surface area contributed by atoms with Gasteiger partial charge in [0.1, 0.15) is 0 Å². The summed E-state index contributed by atoms with van der Waals surface area (Å²) in [6.07, 6.45) is 0. The van der Waals surface area contributed by atoms with Crippen LogP contribution < -0.4 is 4.72 Å². The monoisotopic (exact) mass is 317 g/mol. The molecule has 0 unspecified atom stereocenters. The molecular formula is C18H23NO2S. The Balaban J connectivity index is 2.33. The van der Waals surface area contributed by atoms with Gasteiger partial charge in [-0.2, -0.15) is 0 Å². The van der Waals surface area contributed by atoms with Crippen molar-refractivity contribution < 1.29 is 8.42 Å². The van der Waals surface area contributed by atoms with E-state index in [-0.39, 0.29) is 0 Å². The molecule has 0 heterocycles. The van der Waals surface area contributed by atoms with Crippen LogP contribution in [0.3, 0.4) is 0 Å². The zero-order valence-electron chi connectivity index (χ0n) is 13.8. The summed E-state index contributed by atoms with van der Waals surface area (Å²) < 4.78 is 28.1. The molecule has 1 N–H and O–H groups in total.